The zero-order chi connectivity index (χ0) is 23.5. The lowest BCUT2D eigenvalue weighted by Gasteiger charge is -2.35. The van der Waals surface area contributed by atoms with Crippen LogP contribution >= 0.6 is 0 Å². The van der Waals surface area contributed by atoms with Crippen molar-refractivity contribution < 1.29 is 9.18 Å². The minimum Gasteiger partial charge on any atom is -0.353 e. The SMILES string of the molecule is Cc1cc(-c2cn(-c3ccccc3)c(CC(=O)N3CCN(c4ccccn4)CC3)n2)ccc1F. The van der Waals surface area contributed by atoms with E-state index in [2.05, 4.69) is 9.88 Å². The third-order valence-corrected chi connectivity index (χ3v) is 6.18. The lowest BCUT2D eigenvalue weighted by Crippen LogP contribution is -2.49. The third-order valence-electron chi connectivity index (χ3n) is 6.18. The number of hydrogen-bond acceptors (Lipinski definition) is 4. The minimum atomic E-state index is -0.244. The lowest BCUT2D eigenvalue weighted by atomic mass is 10.1. The highest BCUT2D eigenvalue weighted by atomic mass is 19.1. The number of para-hydroxylation sites is 1. The number of hydrogen-bond donors (Lipinski definition) is 0. The summed E-state index contributed by atoms with van der Waals surface area (Å²) in [7, 11) is 0. The Balaban J connectivity index is 1.36. The van der Waals surface area contributed by atoms with Gasteiger partial charge in [-0.05, 0) is 55.0 Å². The van der Waals surface area contributed by atoms with Gasteiger partial charge in [0, 0.05) is 49.8 Å². The van der Waals surface area contributed by atoms with Gasteiger partial charge in [-0.15, -0.1) is 0 Å². The molecule has 6 nitrogen and oxygen atoms in total. The molecule has 0 unspecified atom stereocenters. The maximum atomic E-state index is 13.8. The molecule has 4 aromatic rings. The Morgan fingerprint density at radius 1 is 0.971 bits per heavy atom. The van der Waals surface area contributed by atoms with Gasteiger partial charge in [0.2, 0.25) is 5.91 Å². The van der Waals surface area contributed by atoms with Crippen molar-refractivity contribution in [2.45, 2.75) is 13.3 Å². The van der Waals surface area contributed by atoms with Crippen LogP contribution in [0.3, 0.4) is 0 Å². The summed E-state index contributed by atoms with van der Waals surface area (Å²) in [5.41, 5.74) is 3.04. The number of benzene rings is 2. The van der Waals surface area contributed by atoms with E-state index in [1.807, 2.05) is 64.2 Å². The van der Waals surface area contributed by atoms with Gasteiger partial charge in [-0.1, -0.05) is 24.3 Å². The van der Waals surface area contributed by atoms with Crippen molar-refractivity contribution in [3.05, 3.63) is 96.3 Å². The normalized spacial score (nSPS) is 13.8. The van der Waals surface area contributed by atoms with E-state index in [4.69, 9.17) is 4.98 Å². The molecule has 1 aliphatic rings. The van der Waals surface area contributed by atoms with Gasteiger partial charge in [0.25, 0.3) is 0 Å². The van der Waals surface area contributed by atoms with Gasteiger partial charge in [-0.3, -0.25) is 4.79 Å². The zero-order valence-electron chi connectivity index (χ0n) is 19.1. The largest absolute Gasteiger partial charge is 0.353 e. The average Bonchev–Trinajstić information content (AvgIpc) is 3.30. The van der Waals surface area contributed by atoms with Crippen molar-refractivity contribution >= 4 is 11.7 Å². The van der Waals surface area contributed by atoms with Crippen LogP contribution in [0.15, 0.2) is 79.1 Å². The van der Waals surface area contributed by atoms with E-state index in [1.165, 1.54) is 6.07 Å². The predicted octanol–water partition coefficient (Wildman–Crippen LogP) is 4.27. The molecular weight excluding hydrogens is 429 g/mol. The fraction of sp³-hybridized carbons (Fsp3) is 0.222. The minimum absolute atomic E-state index is 0.0466. The molecule has 0 N–H and O–H groups in total. The Hall–Kier alpha value is -4.00. The van der Waals surface area contributed by atoms with Crippen LogP contribution in [0, 0.1) is 12.7 Å². The number of halogens is 1. The molecule has 34 heavy (non-hydrogen) atoms. The smallest absolute Gasteiger partial charge is 0.230 e. The van der Waals surface area contributed by atoms with Crippen LogP contribution in [0.5, 0.6) is 0 Å². The van der Waals surface area contributed by atoms with Crippen LogP contribution in [0.2, 0.25) is 0 Å². The van der Waals surface area contributed by atoms with Gasteiger partial charge in [-0.2, -0.15) is 0 Å². The Kier molecular flexibility index (Phi) is 6.08. The summed E-state index contributed by atoms with van der Waals surface area (Å²) in [4.78, 5) is 26.5. The molecule has 2 aromatic heterocycles. The molecule has 0 aliphatic carbocycles. The molecule has 0 bridgehead atoms. The average molecular weight is 456 g/mol. The maximum absolute atomic E-state index is 13.8. The van der Waals surface area contributed by atoms with Crippen LogP contribution in [0.1, 0.15) is 11.4 Å². The molecule has 0 saturated carbocycles. The summed E-state index contributed by atoms with van der Waals surface area (Å²) in [6, 6.07) is 20.7. The van der Waals surface area contributed by atoms with Gasteiger partial charge in [0.15, 0.2) is 0 Å². The van der Waals surface area contributed by atoms with Crippen molar-refractivity contribution in [2.75, 3.05) is 31.1 Å². The number of imidazole rings is 1. The number of rotatable bonds is 5. The molecule has 0 spiro atoms. The number of carbonyl (C=O) groups is 1. The molecule has 1 saturated heterocycles. The highest BCUT2D eigenvalue weighted by molar-refractivity contribution is 5.79. The van der Waals surface area contributed by atoms with Gasteiger partial charge in [0.05, 0.1) is 12.1 Å². The van der Waals surface area contributed by atoms with Crippen LogP contribution in [0.25, 0.3) is 16.9 Å². The fourth-order valence-electron chi connectivity index (χ4n) is 4.27. The molecule has 0 atom stereocenters. The number of aryl methyl sites for hydroxylation is 1. The van der Waals surface area contributed by atoms with Crippen molar-refractivity contribution in [1.82, 2.24) is 19.4 Å². The van der Waals surface area contributed by atoms with Crippen molar-refractivity contribution in [2.24, 2.45) is 0 Å². The van der Waals surface area contributed by atoms with E-state index in [0.717, 1.165) is 35.9 Å². The van der Waals surface area contributed by atoms with E-state index >= 15 is 0 Å². The molecular formula is C27H26FN5O. The van der Waals surface area contributed by atoms with Gasteiger partial charge in [-0.25, -0.2) is 14.4 Å². The molecule has 5 rings (SSSR count). The molecule has 3 heterocycles. The number of pyridine rings is 1. The van der Waals surface area contributed by atoms with Crippen molar-refractivity contribution in [3.63, 3.8) is 0 Å². The topological polar surface area (TPSA) is 54.3 Å². The van der Waals surface area contributed by atoms with Crippen molar-refractivity contribution in [3.8, 4) is 16.9 Å². The van der Waals surface area contributed by atoms with E-state index < -0.39 is 0 Å². The standard InChI is InChI=1S/C27H26FN5O/c1-20-17-21(10-11-23(20)28)24-19-33(22-7-3-2-4-8-22)26(30-24)18-27(34)32-15-13-31(14-16-32)25-9-5-6-12-29-25/h2-12,17,19H,13-16,18H2,1H3. The number of aromatic nitrogens is 3. The van der Waals surface area contributed by atoms with Crippen LogP contribution in [-0.4, -0.2) is 51.5 Å². The molecule has 1 fully saturated rings. The summed E-state index contributed by atoms with van der Waals surface area (Å²) < 4.78 is 15.7. The monoisotopic (exact) mass is 455 g/mol. The summed E-state index contributed by atoms with van der Waals surface area (Å²) in [5.74, 6) is 1.41. The van der Waals surface area contributed by atoms with Gasteiger partial charge < -0.3 is 14.4 Å². The second kappa shape index (κ2) is 9.47. The van der Waals surface area contributed by atoms with Crippen LogP contribution < -0.4 is 4.90 Å². The molecule has 1 amide bonds. The van der Waals surface area contributed by atoms with Gasteiger partial charge in [0.1, 0.15) is 17.5 Å². The summed E-state index contributed by atoms with van der Waals surface area (Å²) in [5, 5.41) is 0. The second-order valence-electron chi connectivity index (χ2n) is 8.44. The Labute approximate surface area is 198 Å². The number of nitrogens with zero attached hydrogens (tertiary/aromatic N) is 5. The number of piperazine rings is 1. The zero-order valence-corrected chi connectivity index (χ0v) is 19.1. The fourth-order valence-corrected chi connectivity index (χ4v) is 4.27. The molecule has 1 aliphatic heterocycles. The third kappa shape index (κ3) is 4.55. The Morgan fingerprint density at radius 3 is 2.44 bits per heavy atom. The quantitative estimate of drug-likeness (QED) is 0.451. The highest BCUT2D eigenvalue weighted by Gasteiger charge is 2.24. The highest BCUT2D eigenvalue weighted by Crippen LogP contribution is 2.24. The first-order valence-corrected chi connectivity index (χ1v) is 11.4. The Morgan fingerprint density at radius 2 is 1.74 bits per heavy atom. The van der Waals surface area contributed by atoms with E-state index in [1.54, 1.807) is 25.3 Å². The van der Waals surface area contributed by atoms with E-state index in [-0.39, 0.29) is 18.1 Å². The summed E-state index contributed by atoms with van der Waals surface area (Å²) in [6.45, 7) is 4.52. The van der Waals surface area contributed by atoms with Crippen LogP contribution in [0.4, 0.5) is 10.2 Å². The first-order valence-electron chi connectivity index (χ1n) is 11.4. The molecule has 172 valence electrons. The lowest BCUT2D eigenvalue weighted by molar-refractivity contribution is -0.130. The number of amides is 1. The maximum Gasteiger partial charge on any atom is 0.230 e. The summed E-state index contributed by atoms with van der Waals surface area (Å²) >= 11 is 0. The predicted molar refractivity (Wildman–Crippen MR) is 130 cm³/mol. The molecule has 0 radical (unpaired) electrons. The first kappa shape index (κ1) is 21.8. The van der Waals surface area contributed by atoms with E-state index in [9.17, 15) is 9.18 Å². The molecule has 2 aromatic carbocycles. The van der Waals surface area contributed by atoms with E-state index in [0.29, 0.717) is 24.5 Å². The first-order chi connectivity index (χ1) is 16.6. The second-order valence-corrected chi connectivity index (χ2v) is 8.44. The number of carbonyl (C=O) groups excluding carboxylic acids is 1. The Bertz CT molecular complexity index is 1280. The van der Waals surface area contributed by atoms with Gasteiger partial charge >= 0.3 is 0 Å². The van der Waals surface area contributed by atoms with Crippen molar-refractivity contribution in [1.29, 1.82) is 0 Å². The number of anilines is 1. The molecule has 7 heteroatoms. The van der Waals surface area contributed by atoms with Crippen LogP contribution in [-0.2, 0) is 11.2 Å². The summed E-state index contributed by atoms with van der Waals surface area (Å²) in [6.07, 6.45) is 3.90.